The lowest BCUT2D eigenvalue weighted by Crippen LogP contribution is -2.48. The van der Waals surface area contributed by atoms with Crippen LogP contribution < -0.4 is 4.90 Å². The Balaban J connectivity index is 1.84. The molecule has 0 N–H and O–H groups in total. The van der Waals surface area contributed by atoms with Crippen molar-refractivity contribution in [1.29, 1.82) is 0 Å². The van der Waals surface area contributed by atoms with Gasteiger partial charge < -0.3 is 9.80 Å². The number of piperazine rings is 1. The molecule has 0 aromatic carbocycles. The van der Waals surface area contributed by atoms with Gasteiger partial charge in [-0.3, -0.25) is 4.79 Å². The van der Waals surface area contributed by atoms with E-state index in [0.29, 0.717) is 0 Å². The summed E-state index contributed by atoms with van der Waals surface area (Å²) >= 11 is 0. The molecule has 18 heavy (non-hydrogen) atoms. The molecule has 3 heterocycles. The van der Waals surface area contributed by atoms with Crippen LogP contribution in [0.2, 0.25) is 0 Å². The van der Waals surface area contributed by atoms with Crippen molar-refractivity contribution in [3.05, 3.63) is 24.5 Å². The molecule has 3 rings (SSSR count). The lowest BCUT2D eigenvalue weighted by Gasteiger charge is -2.35. The zero-order chi connectivity index (χ0) is 12.5. The Bertz CT molecular complexity index is 571. The molecular formula is C12H15N5O. The van der Waals surface area contributed by atoms with Gasteiger partial charge in [-0.2, -0.15) is 9.61 Å². The fraction of sp³-hybridized carbons (Fsp3) is 0.417. The molecule has 6 nitrogen and oxygen atoms in total. The van der Waals surface area contributed by atoms with Gasteiger partial charge in [-0.15, -0.1) is 0 Å². The second kappa shape index (κ2) is 4.29. The summed E-state index contributed by atoms with van der Waals surface area (Å²) in [6, 6.07) is 3.85. The van der Waals surface area contributed by atoms with Crippen LogP contribution in [-0.4, -0.2) is 51.6 Å². The first-order chi connectivity index (χ1) is 8.75. The zero-order valence-corrected chi connectivity index (χ0v) is 10.3. The standard InChI is InChI=1S/C12H15N5O/c1-10(18)15-6-8-16(9-7-15)12-3-4-13-11-2-5-14-17(11)12/h2-5H,6-9H2,1H3. The van der Waals surface area contributed by atoms with Crippen LogP contribution in [0.1, 0.15) is 6.92 Å². The molecular weight excluding hydrogens is 230 g/mol. The predicted octanol–water partition coefficient (Wildman–Crippen LogP) is 0.398. The van der Waals surface area contributed by atoms with Crippen LogP contribution in [0.15, 0.2) is 24.5 Å². The highest BCUT2D eigenvalue weighted by Crippen LogP contribution is 2.16. The van der Waals surface area contributed by atoms with Crippen molar-refractivity contribution in [3.8, 4) is 0 Å². The largest absolute Gasteiger partial charge is 0.353 e. The van der Waals surface area contributed by atoms with Crippen molar-refractivity contribution >= 4 is 17.4 Å². The van der Waals surface area contributed by atoms with E-state index in [0.717, 1.165) is 37.6 Å². The normalized spacial score (nSPS) is 16.3. The minimum atomic E-state index is 0.147. The highest BCUT2D eigenvalue weighted by atomic mass is 16.2. The smallest absolute Gasteiger partial charge is 0.219 e. The van der Waals surface area contributed by atoms with Crippen molar-refractivity contribution in [1.82, 2.24) is 19.5 Å². The summed E-state index contributed by atoms with van der Waals surface area (Å²) in [5.74, 6) is 1.18. The molecule has 1 fully saturated rings. The molecule has 94 valence electrons. The van der Waals surface area contributed by atoms with Gasteiger partial charge in [0, 0.05) is 45.4 Å². The van der Waals surface area contributed by atoms with E-state index < -0.39 is 0 Å². The quantitative estimate of drug-likeness (QED) is 0.729. The molecule has 6 heteroatoms. The molecule has 1 saturated heterocycles. The fourth-order valence-corrected chi connectivity index (χ4v) is 2.31. The van der Waals surface area contributed by atoms with E-state index in [2.05, 4.69) is 15.0 Å². The summed E-state index contributed by atoms with van der Waals surface area (Å²) in [4.78, 5) is 19.7. The van der Waals surface area contributed by atoms with Crippen LogP contribution in [0, 0.1) is 0 Å². The molecule has 0 radical (unpaired) electrons. The third-order valence-electron chi connectivity index (χ3n) is 3.32. The van der Waals surface area contributed by atoms with Gasteiger partial charge in [0.1, 0.15) is 5.82 Å². The third-order valence-corrected chi connectivity index (χ3v) is 3.32. The number of carbonyl (C=O) groups excluding carboxylic acids is 1. The van der Waals surface area contributed by atoms with Crippen LogP contribution in [0.5, 0.6) is 0 Å². The molecule has 0 atom stereocenters. The molecule has 0 bridgehead atoms. The Morgan fingerprint density at radius 2 is 1.94 bits per heavy atom. The van der Waals surface area contributed by atoms with Crippen molar-refractivity contribution < 1.29 is 4.79 Å². The molecule has 1 aliphatic heterocycles. The number of nitrogens with zero attached hydrogens (tertiary/aromatic N) is 5. The molecule has 1 amide bonds. The van der Waals surface area contributed by atoms with E-state index in [1.54, 1.807) is 19.3 Å². The van der Waals surface area contributed by atoms with Crippen molar-refractivity contribution in [2.45, 2.75) is 6.92 Å². The van der Waals surface area contributed by atoms with Gasteiger partial charge in [0.15, 0.2) is 5.65 Å². The average molecular weight is 245 g/mol. The van der Waals surface area contributed by atoms with Crippen LogP contribution in [0.25, 0.3) is 5.65 Å². The number of carbonyl (C=O) groups is 1. The number of anilines is 1. The number of rotatable bonds is 1. The Morgan fingerprint density at radius 3 is 2.67 bits per heavy atom. The average Bonchev–Trinajstić information content (AvgIpc) is 2.87. The number of amides is 1. The van der Waals surface area contributed by atoms with Gasteiger partial charge >= 0.3 is 0 Å². The minimum Gasteiger partial charge on any atom is -0.353 e. The molecule has 2 aromatic heterocycles. The second-order valence-corrected chi connectivity index (χ2v) is 4.40. The topological polar surface area (TPSA) is 53.7 Å². The van der Waals surface area contributed by atoms with Gasteiger partial charge in [-0.1, -0.05) is 0 Å². The van der Waals surface area contributed by atoms with E-state index in [9.17, 15) is 4.79 Å². The SMILES string of the molecule is CC(=O)N1CCN(c2ccnc3ccnn23)CC1. The second-order valence-electron chi connectivity index (χ2n) is 4.40. The lowest BCUT2D eigenvalue weighted by atomic mass is 10.3. The minimum absolute atomic E-state index is 0.147. The van der Waals surface area contributed by atoms with Crippen LogP contribution in [0.4, 0.5) is 5.82 Å². The summed E-state index contributed by atoms with van der Waals surface area (Å²) in [5, 5.41) is 4.28. The van der Waals surface area contributed by atoms with E-state index in [1.165, 1.54) is 0 Å². The summed E-state index contributed by atoms with van der Waals surface area (Å²) in [6.45, 7) is 4.81. The van der Waals surface area contributed by atoms with Gasteiger partial charge in [0.25, 0.3) is 0 Å². The Hall–Kier alpha value is -2.11. The summed E-state index contributed by atoms with van der Waals surface area (Å²) in [5.41, 5.74) is 0.849. The van der Waals surface area contributed by atoms with Crippen molar-refractivity contribution in [2.24, 2.45) is 0 Å². The fourth-order valence-electron chi connectivity index (χ4n) is 2.31. The molecule has 0 unspecified atom stereocenters. The van der Waals surface area contributed by atoms with Crippen molar-refractivity contribution in [2.75, 3.05) is 31.1 Å². The molecule has 0 aliphatic carbocycles. The Labute approximate surface area is 105 Å². The number of hydrogen-bond acceptors (Lipinski definition) is 4. The first kappa shape index (κ1) is 11.0. The molecule has 2 aromatic rings. The predicted molar refractivity (Wildman–Crippen MR) is 67.5 cm³/mol. The maximum Gasteiger partial charge on any atom is 0.219 e. The highest BCUT2D eigenvalue weighted by molar-refractivity contribution is 5.73. The molecule has 0 spiro atoms. The number of aromatic nitrogens is 3. The third kappa shape index (κ3) is 1.79. The van der Waals surface area contributed by atoms with Gasteiger partial charge in [0.2, 0.25) is 5.91 Å². The van der Waals surface area contributed by atoms with Crippen molar-refractivity contribution in [3.63, 3.8) is 0 Å². The first-order valence-corrected chi connectivity index (χ1v) is 6.05. The first-order valence-electron chi connectivity index (χ1n) is 6.05. The monoisotopic (exact) mass is 245 g/mol. The molecule has 0 saturated carbocycles. The molecule has 1 aliphatic rings. The van der Waals surface area contributed by atoms with E-state index in [4.69, 9.17) is 0 Å². The van der Waals surface area contributed by atoms with E-state index in [-0.39, 0.29) is 5.91 Å². The Morgan fingerprint density at radius 1 is 1.17 bits per heavy atom. The number of fused-ring (bicyclic) bond motifs is 1. The summed E-state index contributed by atoms with van der Waals surface area (Å²) in [6.07, 6.45) is 3.54. The van der Waals surface area contributed by atoms with Gasteiger partial charge in [-0.25, -0.2) is 4.98 Å². The van der Waals surface area contributed by atoms with E-state index >= 15 is 0 Å². The van der Waals surface area contributed by atoms with E-state index in [1.807, 2.05) is 21.5 Å². The summed E-state index contributed by atoms with van der Waals surface area (Å²) in [7, 11) is 0. The van der Waals surface area contributed by atoms with Gasteiger partial charge in [0.05, 0.1) is 6.20 Å². The zero-order valence-electron chi connectivity index (χ0n) is 10.3. The maximum atomic E-state index is 11.3. The Kier molecular flexibility index (Phi) is 2.62. The summed E-state index contributed by atoms with van der Waals surface area (Å²) < 4.78 is 1.84. The highest BCUT2D eigenvalue weighted by Gasteiger charge is 2.20. The van der Waals surface area contributed by atoms with Crippen LogP contribution in [-0.2, 0) is 4.79 Å². The van der Waals surface area contributed by atoms with Gasteiger partial charge in [-0.05, 0) is 6.07 Å². The van der Waals surface area contributed by atoms with Crippen LogP contribution >= 0.6 is 0 Å². The lowest BCUT2D eigenvalue weighted by molar-refractivity contribution is -0.129. The maximum absolute atomic E-state index is 11.3. The number of hydrogen-bond donors (Lipinski definition) is 0. The van der Waals surface area contributed by atoms with Crippen LogP contribution in [0.3, 0.4) is 0 Å².